The number of nitrogens with zero attached hydrogens (tertiary/aromatic N) is 3. The van der Waals surface area contributed by atoms with Gasteiger partial charge in [0.05, 0.1) is 5.02 Å². The van der Waals surface area contributed by atoms with Crippen LogP contribution in [0.4, 0.5) is 9.52 Å². The number of halogens is 2. The SMILES string of the molecule is CCc1nnc(NC(=O)/C(C#N)=C/c2cccc(Cl)c2F)s1. The number of nitrogens with one attached hydrogen (secondary N) is 1. The fourth-order valence-corrected chi connectivity index (χ4v) is 2.40. The Morgan fingerprint density at radius 2 is 2.32 bits per heavy atom. The lowest BCUT2D eigenvalue weighted by molar-refractivity contribution is -0.112. The molecule has 0 aliphatic heterocycles. The summed E-state index contributed by atoms with van der Waals surface area (Å²) in [4.78, 5) is 12.0. The van der Waals surface area contributed by atoms with E-state index in [1.54, 1.807) is 6.07 Å². The minimum Gasteiger partial charge on any atom is -0.296 e. The summed E-state index contributed by atoms with van der Waals surface area (Å²) in [6.07, 6.45) is 1.83. The number of carbonyl (C=O) groups is 1. The van der Waals surface area contributed by atoms with Gasteiger partial charge in [-0.1, -0.05) is 42.0 Å². The Hall–Kier alpha value is -2.30. The van der Waals surface area contributed by atoms with Gasteiger partial charge < -0.3 is 0 Å². The van der Waals surface area contributed by atoms with Crippen molar-refractivity contribution in [2.45, 2.75) is 13.3 Å². The first-order chi connectivity index (χ1) is 10.5. The molecule has 1 aromatic heterocycles. The van der Waals surface area contributed by atoms with Gasteiger partial charge in [0.15, 0.2) is 0 Å². The summed E-state index contributed by atoms with van der Waals surface area (Å²) < 4.78 is 13.8. The predicted molar refractivity (Wildman–Crippen MR) is 82.9 cm³/mol. The van der Waals surface area contributed by atoms with Crippen molar-refractivity contribution in [2.75, 3.05) is 5.32 Å². The van der Waals surface area contributed by atoms with Crippen molar-refractivity contribution < 1.29 is 9.18 Å². The summed E-state index contributed by atoms with van der Waals surface area (Å²) in [6.45, 7) is 1.91. The van der Waals surface area contributed by atoms with Gasteiger partial charge >= 0.3 is 0 Å². The number of rotatable bonds is 4. The van der Waals surface area contributed by atoms with Gasteiger partial charge in [0, 0.05) is 5.56 Å². The van der Waals surface area contributed by atoms with Crippen LogP contribution < -0.4 is 5.32 Å². The molecule has 1 amide bonds. The van der Waals surface area contributed by atoms with Crippen molar-refractivity contribution >= 4 is 40.1 Å². The summed E-state index contributed by atoms with van der Waals surface area (Å²) in [5, 5.41) is 20.2. The standard InChI is InChI=1S/C14H10ClFN4OS/c1-2-11-19-20-14(22-11)18-13(21)9(7-17)6-8-4-3-5-10(15)12(8)16/h3-6H,2H2,1H3,(H,18,20,21)/b9-6+. The van der Waals surface area contributed by atoms with Crippen LogP contribution in [-0.2, 0) is 11.2 Å². The molecule has 0 unspecified atom stereocenters. The van der Waals surface area contributed by atoms with Crippen molar-refractivity contribution in [3.8, 4) is 6.07 Å². The molecule has 8 heteroatoms. The van der Waals surface area contributed by atoms with Crippen LogP contribution in [0, 0.1) is 17.1 Å². The summed E-state index contributed by atoms with van der Waals surface area (Å²) in [6, 6.07) is 6.07. The molecule has 22 heavy (non-hydrogen) atoms. The maximum atomic E-state index is 13.8. The molecule has 2 aromatic rings. The highest BCUT2D eigenvalue weighted by Crippen LogP contribution is 2.21. The second kappa shape index (κ2) is 7.11. The molecule has 1 N–H and O–H groups in total. The number of benzene rings is 1. The zero-order valence-electron chi connectivity index (χ0n) is 11.4. The topological polar surface area (TPSA) is 78.7 Å². The van der Waals surface area contributed by atoms with Gasteiger partial charge in [-0.05, 0) is 18.6 Å². The van der Waals surface area contributed by atoms with Gasteiger partial charge in [0.25, 0.3) is 5.91 Å². The highest BCUT2D eigenvalue weighted by Gasteiger charge is 2.14. The Balaban J connectivity index is 2.23. The van der Waals surface area contributed by atoms with Crippen LogP contribution in [0.25, 0.3) is 6.08 Å². The lowest BCUT2D eigenvalue weighted by Gasteiger charge is -2.01. The summed E-state index contributed by atoms with van der Waals surface area (Å²) in [5.74, 6) is -1.37. The summed E-state index contributed by atoms with van der Waals surface area (Å²) in [7, 11) is 0. The Kier molecular flexibility index (Phi) is 5.20. The normalized spacial score (nSPS) is 11.1. The molecule has 0 saturated carbocycles. The van der Waals surface area contributed by atoms with E-state index in [4.69, 9.17) is 16.9 Å². The van der Waals surface area contributed by atoms with E-state index in [1.165, 1.54) is 29.5 Å². The number of hydrogen-bond acceptors (Lipinski definition) is 5. The fraction of sp³-hybridized carbons (Fsp3) is 0.143. The van der Waals surface area contributed by atoms with Crippen LogP contribution >= 0.6 is 22.9 Å². The fourth-order valence-electron chi connectivity index (χ4n) is 1.55. The first-order valence-electron chi connectivity index (χ1n) is 6.24. The molecular formula is C14H10ClFN4OS. The van der Waals surface area contributed by atoms with Crippen LogP contribution in [0.3, 0.4) is 0 Å². The first kappa shape index (κ1) is 16.1. The molecular weight excluding hydrogens is 327 g/mol. The van der Waals surface area contributed by atoms with E-state index in [-0.39, 0.29) is 21.3 Å². The molecule has 0 spiro atoms. The number of aromatic nitrogens is 2. The van der Waals surface area contributed by atoms with Gasteiger partial charge in [0.2, 0.25) is 5.13 Å². The van der Waals surface area contributed by atoms with Gasteiger partial charge in [-0.2, -0.15) is 5.26 Å². The summed E-state index contributed by atoms with van der Waals surface area (Å²) >= 11 is 6.88. The number of hydrogen-bond donors (Lipinski definition) is 1. The monoisotopic (exact) mass is 336 g/mol. The van der Waals surface area contributed by atoms with Crippen molar-refractivity contribution in [3.05, 3.63) is 45.2 Å². The Bertz CT molecular complexity index is 781. The average Bonchev–Trinajstić information content (AvgIpc) is 2.96. The van der Waals surface area contributed by atoms with Crippen LogP contribution in [0.5, 0.6) is 0 Å². The van der Waals surface area contributed by atoms with Crippen LogP contribution in [0.2, 0.25) is 5.02 Å². The van der Waals surface area contributed by atoms with E-state index in [2.05, 4.69) is 15.5 Å². The van der Waals surface area contributed by atoms with Gasteiger partial charge in [-0.15, -0.1) is 10.2 Å². The number of amides is 1. The lowest BCUT2D eigenvalue weighted by Crippen LogP contribution is -2.13. The third kappa shape index (κ3) is 3.67. The lowest BCUT2D eigenvalue weighted by atomic mass is 10.1. The van der Waals surface area contributed by atoms with Crippen molar-refractivity contribution in [1.82, 2.24) is 10.2 Å². The van der Waals surface area contributed by atoms with Crippen molar-refractivity contribution in [1.29, 1.82) is 5.26 Å². The minimum atomic E-state index is -0.686. The van der Waals surface area contributed by atoms with E-state index in [9.17, 15) is 9.18 Å². The third-order valence-corrected chi connectivity index (χ3v) is 3.91. The Morgan fingerprint density at radius 3 is 2.95 bits per heavy atom. The van der Waals surface area contributed by atoms with Crippen LogP contribution in [-0.4, -0.2) is 16.1 Å². The molecule has 0 aliphatic carbocycles. The average molecular weight is 337 g/mol. The third-order valence-electron chi connectivity index (χ3n) is 2.64. The second-order valence-corrected chi connectivity index (χ2v) is 5.59. The number of aryl methyl sites for hydroxylation is 1. The quantitative estimate of drug-likeness (QED) is 0.685. The molecule has 2 rings (SSSR count). The predicted octanol–water partition coefficient (Wildman–Crippen LogP) is 3.44. The number of anilines is 1. The molecule has 0 fully saturated rings. The number of nitriles is 1. The molecule has 112 valence electrons. The van der Waals surface area contributed by atoms with Gasteiger partial charge in [0.1, 0.15) is 22.5 Å². The van der Waals surface area contributed by atoms with Crippen molar-refractivity contribution in [3.63, 3.8) is 0 Å². The Labute approximate surface area is 135 Å². The van der Waals surface area contributed by atoms with Crippen molar-refractivity contribution in [2.24, 2.45) is 0 Å². The smallest absolute Gasteiger partial charge is 0.268 e. The van der Waals surface area contributed by atoms with E-state index in [0.29, 0.717) is 6.42 Å². The van der Waals surface area contributed by atoms with E-state index >= 15 is 0 Å². The second-order valence-electron chi connectivity index (χ2n) is 4.12. The highest BCUT2D eigenvalue weighted by atomic mass is 35.5. The zero-order chi connectivity index (χ0) is 16.1. The molecule has 1 aromatic carbocycles. The summed E-state index contributed by atoms with van der Waals surface area (Å²) in [5.41, 5.74) is -0.194. The van der Waals surface area contributed by atoms with Gasteiger partial charge in [-0.25, -0.2) is 4.39 Å². The molecule has 5 nitrogen and oxygen atoms in total. The van der Waals surface area contributed by atoms with E-state index in [0.717, 1.165) is 11.1 Å². The zero-order valence-corrected chi connectivity index (χ0v) is 13.0. The Morgan fingerprint density at radius 1 is 1.55 bits per heavy atom. The number of carbonyl (C=O) groups excluding carboxylic acids is 1. The molecule has 0 bridgehead atoms. The highest BCUT2D eigenvalue weighted by molar-refractivity contribution is 7.15. The maximum Gasteiger partial charge on any atom is 0.268 e. The first-order valence-corrected chi connectivity index (χ1v) is 7.44. The molecule has 0 atom stereocenters. The van der Waals surface area contributed by atoms with Gasteiger partial charge in [-0.3, -0.25) is 10.1 Å². The molecule has 1 heterocycles. The molecule has 0 saturated heterocycles. The molecule has 0 aliphatic rings. The largest absolute Gasteiger partial charge is 0.296 e. The van der Waals surface area contributed by atoms with E-state index < -0.39 is 11.7 Å². The molecule has 0 radical (unpaired) electrons. The maximum absolute atomic E-state index is 13.8. The van der Waals surface area contributed by atoms with Crippen LogP contribution in [0.1, 0.15) is 17.5 Å². The van der Waals surface area contributed by atoms with E-state index in [1.807, 2.05) is 6.92 Å². The minimum absolute atomic E-state index is 0.0608. The van der Waals surface area contributed by atoms with Crippen LogP contribution in [0.15, 0.2) is 23.8 Å².